The molecule has 0 radical (unpaired) electrons. The molecule has 0 fully saturated rings. The van der Waals surface area contributed by atoms with Crippen LogP contribution in [0.1, 0.15) is 5.56 Å². The summed E-state index contributed by atoms with van der Waals surface area (Å²) in [5, 5.41) is 0.578. The zero-order valence-electron chi connectivity index (χ0n) is 9.72. The van der Waals surface area contributed by atoms with Gasteiger partial charge < -0.3 is 9.47 Å². The van der Waals surface area contributed by atoms with Crippen molar-refractivity contribution in [2.75, 3.05) is 0 Å². The Morgan fingerprint density at radius 3 is 1.83 bits per heavy atom. The minimum atomic E-state index is -0.777. The van der Waals surface area contributed by atoms with Crippen LogP contribution >= 0.6 is 11.6 Å². The van der Waals surface area contributed by atoms with Gasteiger partial charge in [-0.15, -0.1) is 0 Å². The van der Waals surface area contributed by atoms with E-state index in [4.69, 9.17) is 21.1 Å². The number of aryl methyl sites for hydroxylation is 1. The summed E-state index contributed by atoms with van der Waals surface area (Å²) in [6, 6.07) is 13.6. The number of halogens is 1. The second-order valence-corrected chi connectivity index (χ2v) is 4.16. The van der Waals surface area contributed by atoms with Crippen LogP contribution in [0, 0.1) is 6.92 Å². The Morgan fingerprint density at radius 1 is 0.889 bits per heavy atom. The molecule has 0 saturated heterocycles. The van der Waals surface area contributed by atoms with Crippen LogP contribution in [0.15, 0.2) is 48.5 Å². The van der Waals surface area contributed by atoms with Crippen molar-refractivity contribution in [2.45, 2.75) is 6.92 Å². The zero-order chi connectivity index (χ0) is 13.0. The van der Waals surface area contributed by atoms with Gasteiger partial charge in [-0.05, 0) is 43.3 Å². The van der Waals surface area contributed by atoms with Gasteiger partial charge in [0.1, 0.15) is 11.5 Å². The van der Waals surface area contributed by atoms with Gasteiger partial charge in [-0.25, -0.2) is 4.79 Å². The predicted molar refractivity (Wildman–Crippen MR) is 69.3 cm³/mol. The monoisotopic (exact) mass is 262 g/mol. The van der Waals surface area contributed by atoms with E-state index in [0.29, 0.717) is 16.5 Å². The van der Waals surface area contributed by atoms with Crippen LogP contribution in [0.3, 0.4) is 0 Å². The van der Waals surface area contributed by atoms with Crippen molar-refractivity contribution in [2.24, 2.45) is 0 Å². The van der Waals surface area contributed by atoms with Gasteiger partial charge in [-0.3, -0.25) is 0 Å². The molecule has 2 aromatic carbocycles. The molecule has 0 aromatic heterocycles. The molecule has 0 aliphatic rings. The van der Waals surface area contributed by atoms with E-state index >= 15 is 0 Å². The summed E-state index contributed by atoms with van der Waals surface area (Å²) < 4.78 is 9.99. The fraction of sp³-hybridized carbons (Fsp3) is 0.0714. The molecule has 0 spiro atoms. The third-order valence-corrected chi connectivity index (χ3v) is 2.49. The molecule has 92 valence electrons. The molecule has 0 saturated carbocycles. The van der Waals surface area contributed by atoms with Crippen molar-refractivity contribution >= 4 is 17.8 Å². The molecule has 4 heteroatoms. The van der Waals surface area contributed by atoms with Crippen LogP contribution in [-0.4, -0.2) is 6.16 Å². The fourth-order valence-electron chi connectivity index (χ4n) is 1.32. The maximum absolute atomic E-state index is 11.5. The number of benzene rings is 2. The van der Waals surface area contributed by atoms with Crippen LogP contribution in [0.25, 0.3) is 0 Å². The second-order valence-electron chi connectivity index (χ2n) is 3.72. The normalized spacial score (nSPS) is 9.89. The maximum Gasteiger partial charge on any atom is 0.519 e. The lowest BCUT2D eigenvalue weighted by Crippen LogP contribution is -2.13. The summed E-state index contributed by atoms with van der Waals surface area (Å²) in [6.45, 7) is 1.95. The number of hydrogen-bond donors (Lipinski definition) is 0. The highest BCUT2D eigenvalue weighted by atomic mass is 35.5. The number of rotatable bonds is 2. The predicted octanol–water partition coefficient (Wildman–Crippen LogP) is 4.23. The molecule has 0 aliphatic carbocycles. The molecule has 0 amide bonds. The van der Waals surface area contributed by atoms with E-state index in [1.807, 2.05) is 19.1 Å². The van der Waals surface area contributed by atoms with E-state index in [9.17, 15) is 4.79 Å². The van der Waals surface area contributed by atoms with Crippen LogP contribution < -0.4 is 9.47 Å². The maximum atomic E-state index is 11.5. The lowest BCUT2D eigenvalue weighted by atomic mass is 10.2. The van der Waals surface area contributed by atoms with Crippen molar-refractivity contribution in [1.82, 2.24) is 0 Å². The minimum Gasteiger partial charge on any atom is -0.395 e. The third-order valence-electron chi connectivity index (χ3n) is 2.24. The van der Waals surface area contributed by atoms with Gasteiger partial charge >= 0.3 is 6.16 Å². The number of ether oxygens (including phenoxy) is 2. The Balaban J connectivity index is 1.96. The molecule has 2 aromatic rings. The van der Waals surface area contributed by atoms with Crippen molar-refractivity contribution < 1.29 is 14.3 Å². The number of carbonyl (C=O) groups excluding carboxylic acids is 1. The van der Waals surface area contributed by atoms with E-state index in [2.05, 4.69) is 0 Å². The van der Waals surface area contributed by atoms with Gasteiger partial charge in [0.05, 0.1) is 0 Å². The van der Waals surface area contributed by atoms with E-state index in [1.54, 1.807) is 36.4 Å². The molecular formula is C14H11ClO3. The average molecular weight is 263 g/mol. The van der Waals surface area contributed by atoms with Crippen molar-refractivity contribution in [3.63, 3.8) is 0 Å². The smallest absolute Gasteiger partial charge is 0.395 e. The standard InChI is InChI=1S/C14H11ClO3/c1-10-2-6-12(7-3-10)17-14(16)18-13-8-4-11(15)5-9-13/h2-9H,1H3. The number of hydrogen-bond acceptors (Lipinski definition) is 3. The molecule has 0 unspecified atom stereocenters. The third kappa shape index (κ3) is 3.50. The van der Waals surface area contributed by atoms with Crippen molar-refractivity contribution in [3.8, 4) is 11.5 Å². The second kappa shape index (κ2) is 5.56. The first-order chi connectivity index (χ1) is 8.63. The zero-order valence-corrected chi connectivity index (χ0v) is 10.5. The molecular weight excluding hydrogens is 252 g/mol. The molecule has 0 N–H and O–H groups in total. The molecule has 18 heavy (non-hydrogen) atoms. The molecule has 0 bridgehead atoms. The number of carbonyl (C=O) groups is 1. The lowest BCUT2D eigenvalue weighted by Gasteiger charge is -2.05. The topological polar surface area (TPSA) is 35.5 Å². The highest BCUT2D eigenvalue weighted by molar-refractivity contribution is 6.30. The summed E-state index contributed by atoms with van der Waals surface area (Å²) in [5.41, 5.74) is 1.09. The van der Waals surface area contributed by atoms with E-state index in [1.165, 1.54) is 0 Å². The summed E-state index contributed by atoms with van der Waals surface area (Å²) >= 11 is 5.72. The SMILES string of the molecule is Cc1ccc(OC(=O)Oc2ccc(Cl)cc2)cc1. The van der Waals surface area contributed by atoms with Gasteiger partial charge in [0.15, 0.2) is 0 Å². The van der Waals surface area contributed by atoms with Crippen LogP contribution in [0.5, 0.6) is 11.5 Å². The largest absolute Gasteiger partial charge is 0.519 e. The Morgan fingerprint density at radius 2 is 1.33 bits per heavy atom. The first-order valence-electron chi connectivity index (χ1n) is 5.35. The first-order valence-corrected chi connectivity index (χ1v) is 5.73. The summed E-state index contributed by atoms with van der Waals surface area (Å²) in [5.74, 6) is 0.830. The molecule has 3 nitrogen and oxygen atoms in total. The van der Waals surface area contributed by atoms with Gasteiger partial charge in [-0.2, -0.15) is 0 Å². The lowest BCUT2D eigenvalue weighted by molar-refractivity contribution is 0.152. The minimum absolute atomic E-state index is 0.386. The molecule has 0 heterocycles. The Kier molecular flexibility index (Phi) is 3.85. The fourth-order valence-corrected chi connectivity index (χ4v) is 1.45. The van der Waals surface area contributed by atoms with Gasteiger partial charge in [0.25, 0.3) is 0 Å². The quantitative estimate of drug-likeness (QED) is 0.600. The van der Waals surface area contributed by atoms with E-state index < -0.39 is 6.16 Å². The van der Waals surface area contributed by atoms with Crippen LogP contribution in [-0.2, 0) is 0 Å². The Hall–Kier alpha value is -2.00. The average Bonchev–Trinajstić information content (AvgIpc) is 2.35. The van der Waals surface area contributed by atoms with Gasteiger partial charge in [0, 0.05) is 5.02 Å². The van der Waals surface area contributed by atoms with Crippen LogP contribution in [0.2, 0.25) is 5.02 Å². The van der Waals surface area contributed by atoms with Crippen LogP contribution in [0.4, 0.5) is 4.79 Å². The van der Waals surface area contributed by atoms with Crippen molar-refractivity contribution in [1.29, 1.82) is 0 Å². The summed E-state index contributed by atoms with van der Waals surface area (Å²) in [4.78, 5) is 11.5. The van der Waals surface area contributed by atoms with Gasteiger partial charge in [0.2, 0.25) is 0 Å². The van der Waals surface area contributed by atoms with E-state index in [-0.39, 0.29) is 0 Å². The Labute approximate surface area is 110 Å². The Bertz CT molecular complexity index is 482. The summed E-state index contributed by atoms with van der Waals surface area (Å²) in [6.07, 6.45) is -0.777. The van der Waals surface area contributed by atoms with Gasteiger partial charge in [-0.1, -0.05) is 29.3 Å². The molecule has 0 atom stereocenters. The highest BCUT2D eigenvalue weighted by Gasteiger charge is 2.07. The first kappa shape index (κ1) is 12.5. The highest BCUT2D eigenvalue weighted by Crippen LogP contribution is 2.17. The molecule has 0 aliphatic heterocycles. The van der Waals surface area contributed by atoms with Crippen molar-refractivity contribution in [3.05, 3.63) is 59.1 Å². The van der Waals surface area contributed by atoms with E-state index in [0.717, 1.165) is 5.56 Å². The molecule has 2 rings (SSSR count). The summed E-state index contributed by atoms with van der Waals surface area (Å²) in [7, 11) is 0.